The SMILES string of the molecule is OCCCCCCCCCCCCOCCCCCCCCCCCCO.c1ccc(-c2ccccc2)cc1. The molecule has 0 fully saturated rings. The lowest BCUT2D eigenvalue weighted by Crippen LogP contribution is -1.97. The number of hydrogen-bond donors (Lipinski definition) is 2. The second kappa shape index (κ2) is 29.3. The van der Waals surface area contributed by atoms with E-state index in [1.807, 2.05) is 12.1 Å². The number of unbranched alkanes of at least 4 members (excludes halogenated alkanes) is 18. The summed E-state index contributed by atoms with van der Waals surface area (Å²) < 4.78 is 5.76. The van der Waals surface area contributed by atoms with E-state index < -0.39 is 0 Å². The molecular weight excluding hydrogens is 480 g/mol. The Balaban J connectivity index is 0.000000516. The summed E-state index contributed by atoms with van der Waals surface area (Å²) in [5, 5.41) is 17.4. The molecule has 0 aliphatic carbocycles. The lowest BCUT2D eigenvalue weighted by atomic mass is 10.1. The van der Waals surface area contributed by atoms with Crippen LogP contribution in [0.25, 0.3) is 11.1 Å². The molecule has 0 spiro atoms. The zero-order valence-corrected chi connectivity index (χ0v) is 25.0. The fourth-order valence-corrected chi connectivity index (χ4v) is 4.82. The van der Waals surface area contributed by atoms with E-state index in [1.54, 1.807) is 0 Å². The predicted molar refractivity (Wildman–Crippen MR) is 169 cm³/mol. The molecule has 39 heavy (non-hydrogen) atoms. The highest BCUT2D eigenvalue weighted by atomic mass is 16.5. The molecule has 0 bridgehead atoms. The van der Waals surface area contributed by atoms with E-state index in [2.05, 4.69) is 48.5 Å². The van der Waals surface area contributed by atoms with E-state index in [0.29, 0.717) is 13.2 Å². The molecule has 0 unspecified atom stereocenters. The van der Waals surface area contributed by atoms with Crippen molar-refractivity contribution < 1.29 is 14.9 Å². The predicted octanol–water partition coefficient (Wildman–Crippen LogP) is 10.1. The summed E-state index contributed by atoms with van der Waals surface area (Å²) >= 11 is 0. The zero-order chi connectivity index (χ0) is 27.9. The average Bonchev–Trinajstić information content (AvgIpc) is 2.99. The smallest absolute Gasteiger partial charge is 0.0466 e. The third-order valence-electron chi connectivity index (χ3n) is 7.27. The minimum absolute atomic E-state index is 0.357. The molecule has 0 atom stereocenters. The molecule has 2 aromatic carbocycles. The molecule has 3 nitrogen and oxygen atoms in total. The van der Waals surface area contributed by atoms with Crippen molar-refractivity contribution in [2.24, 2.45) is 0 Å². The van der Waals surface area contributed by atoms with Gasteiger partial charge in [-0.2, -0.15) is 0 Å². The van der Waals surface area contributed by atoms with E-state index in [0.717, 1.165) is 26.1 Å². The van der Waals surface area contributed by atoms with Crippen LogP contribution >= 0.6 is 0 Å². The third-order valence-corrected chi connectivity index (χ3v) is 7.27. The highest BCUT2D eigenvalue weighted by molar-refractivity contribution is 5.62. The Kier molecular flexibility index (Phi) is 26.6. The van der Waals surface area contributed by atoms with Gasteiger partial charge in [0.15, 0.2) is 0 Å². The summed E-state index contributed by atoms with van der Waals surface area (Å²) in [7, 11) is 0. The second-order valence-corrected chi connectivity index (χ2v) is 10.9. The molecule has 0 heterocycles. The normalized spacial score (nSPS) is 10.8. The molecule has 0 saturated heterocycles. The Morgan fingerprint density at radius 2 is 0.590 bits per heavy atom. The molecule has 0 saturated carbocycles. The molecule has 0 amide bonds. The number of ether oxygens (including phenoxy) is 1. The number of aliphatic hydroxyl groups excluding tert-OH is 2. The largest absolute Gasteiger partial charge is 0.396 e. The van der Waals surface area contributed by atoms with Gasteiger partial charge in [-0.25, -0.2) is 0 Å². The first-order valence-electron chi connectivity index (χ1n) is 16.3. The van der Waals surface area contributed by atoms with E-state index in [9.17, 15) is 0 Å². The van der Waals surface area contributed by atoms with Gasteiger partial charge in [-0.3, -0.25) is 0 Å². The molecule has 0 aliphatic heterocycles. The van der Waals surface area contributed by atoms with E-state index in [1.165, 1.54) is 127 Å². The quantitative estimate of drug-likeness (QED) is 0.123. The molecule has 0 radical (unpaired) electrons. The minimum Gasteiger partial charge on any atom is -0.396 e. The first-order chi connectivity index (χ1) is 19.4. The molecular formula is C36H60O3. The molecule has 0 aliphatic rings. The first-order valence-corrected chi connectivity index (χ1v) is 16.3. The van der Waals surface area contributed by atoms with Crippen LogP contribution in [0.2, 0.25) is 0 Å². The Morgan fingerprint density at radius 1 is 0.333 bits per heavy atom. The monoisotopic (exact) mass is 540 g/mol. The maximum atomic E-state index is 8.72. The van der Waals surface area contributed by atoms with Gasteiger partial charge in [0.05, 0.1) is 0 Å². The summed E-state index contributed by atoms with van der Waals surface area (Å²) in [5.41, 5.74) is 2.55. The van der Waals surface area contributed by atoms with Crippen LogP contribution < -0.4 is 0 Å². The van der Waals surface area contributed by atoms with Crippen molar-refractivity contribution in [1.82, 2.24) is 0 Å². The van der Waals surface area contributed by atoms with Crippen LogP contribution in [0.15, 0.2) is 60.7 Å². The number of benzene rings is 2. The second-order valence-electron chi connectivity index (χ2n) is 10.9. The third kappa shape index (κ3) is 23.9. The van der Waals surface area contributed by atoms with Gasteiger partial charge in [0.1, 0.15) is 0 Å². The van der Waals surface area contributed by atoms with Gasteiger partial charge in [0.2, 0.25) is 0 Å². The van der Waals surface area contributed by atoms with Gasteiger partial charge in [0, 0.05) is 26.4 Å². The molecule has 222 valence electrons. The van der Waals surface area contributed by atoms with Gasteiger partial charge >= 0.3 is 0 Å². The van der Waals surface area contributed by atoms with Crippen molar-refractivity contribution in [2.45, 2.75) is 128 Å². The Labute approximate surface area is 241 Å². The zero-order valence-electron chi connectivity index (χ0n) is 25.0. The number of rotatable bonds is 25. The summed E-state index contributed by atoms with van der Waals surface area (Å²) in [6, 6.07) is 20.8. The van der Waals surface area contributed by atoms with Gasteiger partial charge in [-0.1, -0.05) is 163 Å². The molecule has 2 rings (SSSR count). The van der Waals surface area contributed by atoms with Crippen LogP contribution in [0.3, 0.4) is 0 Å². The van der Waals surface area contributed by atoms with Crippen molar-refractivity contribution in [3.63, 3.8) is 0 Å². The van der Waals surface area contributed by atoms with E-state index >= 15 is 0 Å². The summed E-state index contributed by atoms with van der Waals surface area (Å²) in [4.78, 5) is 0. The molecule has 2 N–H and O–H groups in total. The standard InChI is InChI=1S/C24H50O3.C12H10/c25-21-17-13-9-5-1-3-7-11-15-19-23-27-24-20-16-12-8-4-2-6-10-14-18-22-26;1-3-7-11(8-4-1)12-9-5-2-6-10-12/h25-26H,1-24H2;1-10H. The fraction of sp³-hybridized carbons (Fsp3) is 0.667. The van der Waals surface area contributed by atoms with Crippen molar-refractivity contribution in [1.29, 1.82) is 0 Å². The summed E-state index contributed by atoms with van der Waals surface area (Å²) in [5.74, 6) is 0. The Hall–Kier alpha value is -1.68. The highest BCUT2D eigenvalue weighted by Crippen LogP contribution is 2.17. The maximum Gasteiger partial charge on any atom is 0.0466 e. The topological polar surface area (TPSA) is 49.7 Å². The number of hydrogen-bond acceptors (Lipinski definition) is 3. The van der Waals surface area contributed by atoms with Crippen LogP contribution in [0.1, 0.15) is 128 Å². The Morgan fingerprint density at radius 3 is 0.872 bits per heavy atom. The lowest BCUT2D eigenvalue weighted by molar-refractivity contribution is 0.125. The van der Waals surface area contributed by atoms with Crippen LogP contribution in [-0.2, 0) is 4.74 Å². The van der Waals surface area contributed by atoms with Crippen LogP contribution in [-0.4, -0.2) is 36.6 Å². The van der Waals surface area contributed by atoms with Crippen molar-refractivity contribution in [3.8, 4) is 11.1 Å². The van der Waals surface area contributed by atoms with Crippen molar-refractivity contribution in [2.75, 3.05) is 26.4 Å². The van der Waals surface area contributed by atoms with Gasteiger partial charge < -0.3 is 14.9 Å². The maximum absolute atomic E-state index is 8.72. The van der Waals surface area contributed by atoms with Crippen molar-refractivity contribution in [3.05, 3.63) is 60.7 Å². The van der Waals surface area contributed by atoms with Gasteiger partial charge in [-0.15, -0.1) is 0 Å². The van der Waals surface area contributed by atoms with Gasteiger partial charge in [-0.05, 0) is 36.8 Å². The van der Waals surface area contributed by atoms with E-state index in [-0.39, 0.29) is 0 Å². The van der Waals surface area contributed by atoms with E-state index in [4.69, 9.17) is 14.9 Å². The summed E-state index contributed by atoms with van der Waals surface area (Å²) in [6.07, 6.45) is 25.7. The van der Waals surface area contributed by atoms with Crippen molar-refractivity contribution >= 4 is 0 Å². The Bertz CT molecular complexity index is 642. The molecule has 0 aromatic heterocycles. The van der Waals surface area contributed by atoms with Gasteiger partial charge in [0.25, 0.3) is 0 Å². The van der Waals surface area contributed by atoms with Crippen LogP contribution in [0.5, 0.6) is 0 Å². The first kappa shape index (κ1) is 35.3. The highest BCUT2D eigenvalue weighted by Gasteiger charge is 1.96. The summed E-state index contributed by atoms with van der Waals surface area (Å²) in [6.45, 7) is 2.62. The van der Waals surface area contributed by atoms with Crippen LogP contribution in [0, 0.1) is 0 Å². The lowest BCUT2D eigenvalue weighted by Gasteiger charge is -2.05. The number of aliphatic hydroxyl groups is 2. The molecule has 3 heteroatoms. The van der Waals surface area contributed by atoms with Crippen LogP contribution in [0.4, 0.5) is 0 Å². The minimum atomic E-state index is 0.357. The average molecular weight is 541 g/mol. The molecule has 2 aromatic rings. The fourth-order valence-electron chi connectivity index (χ4n) is 4.82.